The lowest BCUT2D eigenvalue weighted by Gasteiger charge is -2.11. The zero-order chi connectivity index (χ0) is 18.2. The Morgan fingerprint density at radius 1 is 0.885 bits per heavy atom. The molecule has 2 N–H and O–H groups in total. The van der Waals surface area contributed by atoms with E-state index in [1.165, 1.54) is 5.56 Å². The molecular formula is C21H23ClN4. The maximum Gasteiger partial charge on any atom is 0.132 e. The van der Waals surface area contributed by atoms with Crippen LogP contribution in [0.4, 0.5) is 11.6 Å². The molecule has 0 spiro atoms. The van der Waals surface area contributed by atoms with Crippen LogP contribution in [0.15, 0.2) is 60.7 Å². The summed E-state index contributed by atoms with van der Waals surface area (Å²) in [6.45, 7) is 3.40. The summed E-state index contributed by atoms with van der Waals surface area (Å²) in [5.74, 6) is 2.37. The standard InChI is InChI=1S/C21H23ClN4/c1-16-25-20(23-13-7-10-17-8-3-2-4-9-17)14-21(26-16)24-15-18-11-5-6-12-19(18)22/h2-6,8-9,11-12,14H,7,10,13,15H2,1H3,(H2,23,24,25,26). The van der Waals surface area contributed by atoms with Crippen molar-refractivity contribution in [2.24, 2.45) is 0 Å². The van der Waals surface area contributed by atoms with E-state index in [2.05, 4.69) is 44.9 Å². The van der Waals surface area contributed by atoms with Crippen LogP contribution in [0.25, 0.3) is 0 Å². The monoisotopic (exact) mass is 366 g/mol. The number of halogens is 1. The van der Waals surface area contributed by atoms with Gasteiger partial charge >= 0.3 is 0 Å². The van der Waals surface area contributed by atoms with Crippen LogP contribution in [0.5, 0.6) is 0 Å². The first-order valence-corrected chi connectivity index (χ1v) is 9.19. The van der Waals surface area contributed by atoms with Crippen LogP contribution in [0.3, 0.4) is 0 Å². The lowest BCUT2D eigenvalue weighted by atomic mass is 10.1. The smallest absolute Gasteiger partial charge is 0.132 e. The SMILES string of the molecule is Cc1nc(NCCCc2ccccc2)cc(NCc2ccccc2Cl)n1. The number of nitrogens with one attached hydrogen (secondary N) is 2. The Kier molecular flexibility index (Phi) is 6.45. The molecule has 0 amide bonds. The molecule has 0 saturated carbocycles. The Morgan fingerprint density at radius 2 is 1.58 bits per heavy atom. The summed E-state index contributed by atoms with van der Waals surface area (Å²) in [7, 11) is 0. The molecule has 0 unspecified atom stereocenters. The minimum absolute atomic E-state index is 0.629. The number of aromatic nitrogens is 2. The molecular weight excluding hydrogens is 344 g/mol. The highest BCUT2D eigenvalue weighted by Crippen LogP contribution is 2.17. The second kappa shape index (κ2) is 9.20. The first-order valence-electron chi connectivity index (χ1n) is 8.81. The van der Waals surface area contributed by atoms with Crippen molar-refractivity contribution in [3.63, 3.8) is 0 Å². The lowest BCUT2D eigenvalue weighted by Crippen LogP contribution is -2.08. The number of benzene rings is 2. The summed E-state index contributed by atoms with van der Waals surface area (Å²) in [4.78, 5) is 8.91. The highest BCUT2D eigenvalue weighted by atomic mass is 35.5. The van der Waals surface area contributed by atoms with Gasteiger partial charge in [0, 0.05) is 24.2 Å². The van der Waals surface area contributed by atoms with E-state index in [-0.39, 0.29) is 0 Å². The van der Waals surface area contributed by atoms with E-state index in [4.69, 9.17) is 11.6 Å². The Labute approximate surface area is 159 Å². The van der Waals surface area contributed by atoms with Crippen molar-refractivity contribution in [1.82, 2.24) is 9.97 Å². The molecule has 26 heavy (non-hydrogen) atoms. The average Bonchev–Trinajstić information content (AvgIpc) is 2.65. The topological polar surface area (TPSA) is 49.8 Å². The Morgan fingerprint density at radius 3 is 2.35 bits per heavy atom. The molecule has 3 aromatic rings. The Bertz CT molecular complexity index is 836. The fourth-order valence-corrected chi connectivity index (χ4v) is 2.93. The molecule has 134 valence electrons. The van der Waals surface area contributed by atoms with Gasteiger partial charge in [-0.3, -0.25) is 0 Å². The largest absolute Gasteiger partial charge is 0.370 e. The Balaban J connectivity index is 1.53. The summed E-state index contributed by atoms with van der Waals surface area (Å²) in [6.07, 6.45) is 2.10. The van der Waals surface area contributed by atoms with Crippen LogP contribution in [-0.4, -0.2) is 16.5 Å². The number of anilines is 2. The maximum atomic E-state index is 6.20. The number of rotatable bonds is 8. The van der Waals surface area contributed by atoms with E-state index in [9.17, 15) is 0 Å². The van der Waals surface area contributed by atoms with Gasteiger partial charge in [0.05, 0.1) is 0 Å². The molecule has 0 aliphatic heterocycles. The van der Waals surface area contributed by atoms with Crippen molar-refractivity contribution in [3.05, 3.63) is 82.6 Å². The molecule has 3 rings (SSSR count). The van der Waals surface area contributed by atoms with Crippen molar-refractivity contribution < 1.29 is 0 Å². The molecule has 0 atom stereocenters. The molecule has 1 heterocycles. The fourth-order valence-electron chi connectivity index (χ4n) is 2.73. The van der Waals surface area contributed by atoms with Gasteiger partial charge in [0.2, 0.25) is 0 Å². The third kappa shape index (κ3) is 5.46. The zero-order valence-electron chi connectivity index (χ0n) is 14.9. The number of nitrogens with zero attached hydrogens (tertiary/aromatic N) is 2. The molecule has 5 heteroatoms. The maximum absolute atomic E-state index is 6.20. The van der Waals surface area contributed by atoms with Crippen molar-refractivity contribution in [2.75, 3.05) is 17.2 Å². The van der Waals surface area contributed by atoms with E-state index >= 15 is 0 Å². The molecule has 0 aliphatic rings. The predicted octanol–water partition coefficient (Wildman–Crippen LogP) is 5.10. The normalized spacial score (nSPS) is 10.5. The van der Waals surface area contributed by atoms with Crippen LogP contribution < -0.4 is 10.6 Å². The van der Waals surface area contributed by atoms with Gasteiger partial charge in [-0.1, -0.05) is 60.1 Å². The van der Waals surface area contributed by atoms with Crippen LogP contribution in [-0.2, 0) is 13.0 Å². The summed E-state index contributed by atoms with van der Waals surface area (Å²) in [5.41, 5.74) is 2.40. The van der Waals surface area contributed by atoms with Gasteiger partial charge < -0.3 is 10.6 Å². The number of hydrogen-bond donors (Lipinski definition) is 2. The van der Waals surface area contributed by atoms with E-state index in [0.29, 0.717) is 6.54 Å². The number of aryl methyl sites for hydroxylation is 2. The molecule has 4 nitrogen and oxygen atoms in total. The first-order chi connectivity index (χ1) is 12.7. The van der Waals surface area contributed by atoms with E-state index in [0.717, 1.165) is 47.4 Å². The van der Waals surface area contributed by atoms with Crippen molar-refractivity contribution >= 4 is 23.2 Å². The van der Waals surface area contributed by atoms with Gasteiger partial charge in [-0.05, 0) is 37.0 Å². The molecule has 0 saturated heterocycles. The molecule has 0 bridgehead atoms. The Hall–Kier alpha value is -2.59. The second-order valence-electron chi connectivity index (χ2n) is 6.15. The van der Waals surface area contributed by atoms with Gasteiger partial charge in [-0.15, -0.1) is 0 Å². The first kappa shape index (κ1) is 18.2. The van der Waals surface area contributed by atoms with Crippen LogP contribution in [0.1, 0.15) is 23.4 Å². The van der Waals surface area contributed by atoms with E-state index in [1.54, 1.807) is 0 Å². The molecule has 0 aliphatic carbocycles. The van der Waals surface area contributed by atoms with Crippen LogP contribution in [0.2, 0.25) is 5.02 Å². The lowest BCUT2D eigenvalue weighted by molar-refractivity contribution is 0.856. The minimum atomic E-state index is 0.629. The quantitative estimate of drug-likeness (QED) is 0.545. The molecule has 1 aromatic heterocycles. The number of hydrogen-bond acceptors (Lipinski definition) is 4. The summed E-state index contributed by atoms with van der Waals surface area (Å²) >= 11 is 6.20. The predicted molar refractivity (Wildman–Crippen MR) is 109 cm³/mol. The highest BCUT2D eigenvalue weighted by Gasteiger charge is 2.04. The van der Waals surface area contributed by atoms with E-state index < -0.39 is 0 Å². The second-order valence-corrected chi connectivity index (χ2v) is 6.55. The molecule has 2 aromatic carbocycles. The third-order valence-corrected chi connectivity index (χ3v) is 4.42. The minimum Gasteiger partial charge on any atom is -0.370 e. The van der Waals surface area contributed by atoms with Crippen LogP contribution in [0, 0.1) is 6.92 Å². The van der Waals surface area contributed by atoms with Crippen molar-refractivity contribution in [1.29, 1.82) is 0 Å². The van der Waals surface area contributed by atoms with Gasteiger partial charge in [0.1, 0.15) is 17.5 Å². The summed E-state index contributed by atoms with van der Waals surface area (Å²) < 4.78 is 0. The van der Waals surface area contributed by atoms with Gasteiger partial charge in [-0.2, -0.15) is 0 Å². The van der Waals surface area contributed by atoms with Gasteiger partial charge in [-0.25, -0.2) is 9.97 Å². The molecule has 0 radical (unpaired) electrons. The fraction of sp³-hybridized carbons (Fsp3) is 0.238. The third-order valence-electron chi connectivity index (χ3n) is 4.05. The van der Waals surface area contributed by atoms with E-state index in [1.807, 2.05) is 43.3 Å². The van der Waals surface area contributed by atoms with Crippen LogP contribution >= 0.6 is 11.6 Å². The molecule has 0 fully saturated rings. The summed E-state index contributed by atoms with van der Waals surface area (Å²) in [5, 5.41) is 7.47. The summed E-state index contributed by atoms with van der Waals surface area (Å²) in [6, 6.07) is 20.3. The zero-order valence-corrected chi connectivity index (χ0v) is 15.6. The van der Waals surface area contributed by atoms with Gasteiger partial charge in [0.15, 0.2) is 0 Å². The van der Waals surface area contributed by atoms with Crippen molar-refractivity contribution in [2.45, 2.75) is 26.3 Å². The average molecular weight is 367 g/mol. The highest BCUT2D eigenvalue weighted by molar-refractivity contribution is 6.31. The van der Waals surface area contributed by atoms with Gasteiger partial charge in [0.25, 0.3) is 0 Å². The van der Waals surface area contributed by atoms with Crippen molar-refractivity contribution in [3.8, 4) is 0 Å².